The van der Waals surface area contributed by atoms with Crippen LogP contribution < -0.4 is 0 Å². The van der Waals surface area contributed by atoms with Crippen LogP contribution in [-0.2, 0) is 4.74 Å². The molecule has 0 aliphatic carbocycles. The zero-order valence-corrected chi connectivity index (χ0v) is 12.8. The van der Waals surface area contributed by atoms with E-state index in [1.807, 2.05) is 13.8 Å². The van der Waals surface area contributed by atoms with Gasteiger partial charge in [0.2, 0.25) is 0 Å². The number of esters is 1. The SMILES string of the molecule is CCN(CC)C(=O)c1ccc(C(=O)OC(C)(C)C)cn1. The summed E-state index contributed by atoms with van der Waals surface area (Å²) in [4.78, 5) is 29.6. The molecule has 0 atom stereocenters. The summed E-state index contributed by atoms with van der Waals surface area (Å²) in [6, 6.07) is 3.12. The minimum absolute atomic E-state index is 0.134. The lowest BCUT2D eigenvalue weighted by molar-refractivity contribution is 0.00687. The molecule has 0 spiro atoms. The summed E-state index contributed by atoms with van der Waals surface area (Å²) in [6.07, 6.45) is 1.38. The topological polar surface area (TPSA) is 59.5 Å². The van der Waals surface area contributed by atoms with Gasteiger partial charge in [0, 0.05) is 19.3 Å². The summed E-state index contributed by atoms with van der Waals surface area (Å²) < 4.78 is 5.24. The Morgan fingerprint density at radius 3 is 2.20 bits per heavy atom. The largest absolute Gasteiger partial charge is 0.456 e. The number of nitrogens with zero attached hydrogens (tertiary/aromatic N) is 2. The van der Waals surface area contributed by atoms with E-state index in [2.05, 4.69) is 4.98 Å². The van der Waals surface area contributed by atoms with Crippen molar-refractivity contribution < 1.29 is 14.3 Å². The second-order valence-electron chi connectivity index (χ2n) is 5.41. The molecule has 0 N–H and O–H groups in total. The summed E-state index contributed by atoms with van der Waals surface area (Å²) >= 11 is 0. The average molecular weight is 278 g/mol. The lowest BCUT2D eigenvalue weighted by Gasteiger charge is -2.20. The normalized spacial score (nSPS) is 11.1. The van der Waals surface area contributed by atoms with Gasteiger partial charge in [-0.1, -0.05) is 0 Å². The maximum absolute atomic E-state index is 12.1. The zero-order chi connectivity index (χ0) is 15.3. The van der Waals surface area contributed by atoms with Gasteiger partial charge in [-0.25, -0.2) is 4.79 Å². The number of ether oxygens (including phenoxy) is 1. The molecule has 0 aliphatic rings. The fraction of sp³-hybridized carbons (Fsp3) is 0.533. The first-order valence-corrected chi connectivity index (χ1v) is 6.77. The van der Waals surface area contributed by atoms with Crippen LogP contribution in [0.5, 0.6) is 0 Å². The van der Waals surface area contributed by atoms with Crippen molar-refractivity contribution in [3.63, 3.8) is 0 Å². The van der Waals surface area contributed by atoms with Crippen molar-refractivity contribution in [3.05, 3.63) is 29.6 Å². The number of aromatic nitrogens is 1. The third kappa shape index (κ3) is 4.33. The molecule has 1 aromatic heterocycles. The molecule has 1 amide bonds. The molecule has 0 unspecified atom stereocenters. The standard InChI is InChI=1S/C15H22N2O3/c1-6-17(7-2)13(18)12-9-8-11(10-16-12)14(19)20-15(3,4)5/h8-10H,6-7H2,1-5H3. The first-order valence-electron chi connectivity index (χ1n) is 6.77. The lowest BCUT2D eigenvalue weighted by atomic mass is 10.2. The Kier molecular flexibility index (Phi) is 5.25. The Balaban J connectivity index is 2.84. The monoisotopic (exact) mass is 278 g/mol. The second-order valence-corrected chi connectivity index (χ2v) is 5.41. The highest BCUT2D eigenvalue weighted by atomic mass is 16.6. The van der Waals surface area contributed by atoms with Gasteiger partial charge in [0.1, 0.15) is 11.3 Å². The van der Waals surface area contributed by atoms with Crippen LogP contribution in [0, 0.1) is 0 Å². The fourth-order valence-corrected chi connectivity index (χ4v) is 1.65. The number of carbonyl (C=O) groups excluding carboxylic acids is 2. The van der Waals surface area contributed by atoms with Gasteiger partial charge in [-0.15, -0.1) is 0 Å². The van der Waals surface area contributed by atoms with Gasteiger partial charge in [0.15, 0.2) is 0 Å². The molecular weight excluding hydrogens is 256 g/mol. The van der Waals surface area contributed by atoms with Gasteiger partial charge in [0.25, 0.3) is 5.91 Å². The number of pyridine rings is 1. The summed E-state index contributed by atoms with van der Waals surface area (Å²) in [5.74, 6) is -0.572. The Morgan fingerprint density at radius 2 is 1.80 bits per heavy atom. The van der Waals surface area contributed by atoms with E-state index >= 15 is 0 Å². The van der Waals surface area contributed by atoms with Crippen LogP contribution in [0.4, 0.5) is 0 Å². The third-order valence-electron chi connectivity index (χ3n) is 2.67. The zero-order valence-electron chi connectivity index (χ0n) is 12.8. The molecule has 5 heteroatoms. The van der Waals surface area contributed by atoms with E-state index in [1.54, 1.807) is 37.8 Å². The summed E-state index contributed by atoms with van der Waals surface area (Å²) in [5.41, 5.74) is 0.129. The summed E-state index contributed by atoms with van der Waals surface area (Å²) in [5, 5.41) is 0. The molecule has 0 fully saturated rings. The van der Waals surface area contributed by atoms with Crippen LogP contribution in [-0.4, -0.2) is 40.5 Å². The predicted molar refractivity (Wildman–Crippen MR) is 76.7 cm³/mol. The van der Waals surface area contributed by atoms with Gasteiger partial charge in [0.05, 0.1) is 5.56 Å². The van der Waals surface area contributed by atoms with Crippen LogP contribution in [0.2, 0.25) is 0 Å². The van der Waals surface area contributed by atoms with E-state index in [0.717, 1.165) is 0 Å². The Morgan fingerprint density at radius 1 is 1.20 bits per heavy atom. The molecule has 1 heterocycles. The average Bonchev–Trinajstić information content (AvgIpc) is 2.38. The van der Waals surface area contributed by atoms with E-state index in [4.69, 9.17) is 4.74 Å². The second kappa shape index (κ2) is 6.50. The van der Waals surface area contributed by atoms with E-state index in [9.17, 15) is 9.59 Å². The van der Waals surface area contributed by atoms with Crippen molar-refractivity contribution >= 4 is 11.9 Å². The van der Waals surface area contributed by atoms with Gasteiger partial charge in [-0.3, -0.25) is 9.78 Å². The number of carbonyl (C=O) groups is 2. The molecule has 20 heavy (non-hydrogen) atoms. The molecule has 0 radical (unpaired) electrons. The maximum Gasteiger partial charge on any atom is 0.340 e. The first kappa shape index (κ1) is 16.1. The smallest absolute Gasteiger partial charge is 0.340 e. The van der Waals surface area contributed by atoms with E-state index in [1.165, 1.54) is 6.20 Å². The lowest BCUT2D eigenvalue weighted by Crippen LogP contribution is -2.31. The van der Waals surface area contributed by atoms with E-state index in [0.29, 0.717) is 24.3 Å². The van der Waals surface area contributed by atoms with Crippen LogP contribution in [0.1, 0.15) is 55.5 Å². The van der Waals surface area contributed by atoms with Crippen molar-refractivity contribution in [2.75, 3.05) is 13.1 Å². The predicted octanol–water partition coefficient (Wildman–Crippen LogP) is 2.52. The van der Waals surface area contributed by atoms with Crippen molar-refractivity contribution in [1.82, 2.24) is 9.88 Å². The number of rotatable bonds is 4. The number of hydrogen-bond acceptors (Lipinski definition) is 4. The molecule has 1 rings (SSSR count). The van der Waals surface area contributed by atoms with Crippen LogP contribution in [0.15, 0.2) is 18.3 Å². The molecule has 0 aromatic carbocycles. The van der Waals surface area contributed by atoms with Gasteiger partial charge in [-0.2, -0.15) is 0 Å². The molecule has 110 valence electrons. The Labute approximate surface area is 119 Å². The highest BCUT2D eigenvalue weighted by Crippen LogP contribution is 2.12. The van der Waals surface area contributed by atoms with Crippen LogP contribution in [0.3, 0.4) is 0 Å². The molecular formula is C15H22N2O3. The van der Waals surface area contributed by atoms with Crippen molar-refractivity contribution in [2.45, 2.75) is 40.2 Å². The quantitative estimate of drug-likeness (QED) is 0.794. The number of amides is 1. The van der Waals surface area contributed by atoms with Crippen molar-refractivity contribution in [2.24, 2.45) is 0 Å². The van der Waals surface area contributed by atoms with Crippen molar-refractivity contribution in [1.29, 1.82) is 0 Å². The minimum Gasteiger partial charge on any atom is -0.456 e. The van der Waals surface area contributed by atoms with E-state index in [-0.39, 0.29) is 5.91 Å². The third-order valence-corrected chi connectivity index (χ3v) is 2.67. The molecule has 0 saturated heterocycles. The molecule has 0 bridgehead atoms. The Hall–Kier alpha value is -1.91. The van der Waals surface area contributed by atoms with E-state index < -0.39 is 11.6 Å². The highest BCUT2D eigenvalue weighted by molar-refractivity contribution is 5.94. The van der Waals surface area contributed by atoms with Crippen LogP contribution in [0.25, 0.3) is 0 Å². The molecule has 0 aliphatic heterocycles. The molecule has 1 aromatic rings. The maximum atomic E-state index is 12.1. The molecule has 5 nitrogen and oxygen atoms in total. The first-order chi connectivity index (χ1) is 9.28. The van der Waals surface area contributed by atoms with Gasteiger partial charge in [-0.05, 0) is 46.8 Å². The number of hydrogen-bond donors (Lipinski definition) is 0. The van der Waals surface area contributed by atoms with Gasteiger partial charge < -0.3 is 9.64 Å². The molecule has 0 saturated carbocycles. The summed E-state index contributed by atoms with van der Waals surface area (Å²) in [7, 11) is 0. The Bertz CT molecular complexity index is 471. The van der Waals surface area contributed by atoms with Crippen molar-refractivity contribution in [3.8, 4) is 0 Å². The van der Waals surface area contributed by atoms with Crippen LogP contribution >= 0.6 is 0 Å². The highest BCUT2D eigenvalue weighted by Gasteiger charge is 2.19. The minimum atomic E-state index is -0.549. The van der Waals surface area contributed by atoms with Gasteiger partial charge >= 0.3 is 5.97 Å². The summed E-state index contributed by atoms with van der Waals surface area (Å²) in [6.45, 7) is 10.5. The fourth-order valence-electron chi connectivity index (χ4n) is 1.65.